The molecule has 3 rings (SSSR count). The topological polar surface area (TPSA) is 59.8 Å². The third kappa shape index (κ3) is 4.45. The second-order valence-corrected chi connectivity index (χ2v) is 6.33. The summed E-state index contributed by atoms with van der Waals surface area (Å²) in [5, 5.41) is 11.3. The molecule has 1 unspecified atom stereocenters. The molecule has 25 heavy (non-hydrogen) atoms. The first-order chi connectivity index (χ1) is 12.1. The van der Waals surface area contributed by atoms with Crippen LogP contribution in [-0.4, -0.2) is 26.7 Å². The first-order valence-corrected chi connectivity index (χ1v) is 8.50. The van der Waals surface area contributed by atoms with E-state index in [1.54, 1.807) is 29.4 Å². The number of halogens is 1. The number of hydrogen-bond acceptors (Lipinski definition) is 3. The average Bonchev–Trinajstić information content (AvgIpc) is 3.16. The van der Waals surface area contributed by atoms with Crippen molar-refractivity contribution in [3.8, 4) is 5.69 Å². The summed E-state index contributed by atoms with van der Waals surface area (Å²) < 4.78 is 1.79. The van der Waals surface area contributed by atoms with Crippen molar-refractivity contribution in [1.82, 2.24) is 20.1 Å². The van der Waals surface area contributed by atoms with E-state index in [9.17, 15) is 4.79 Å². The Morgan fingerprint density at radius 3 is 2.48 bits per heavy atom. The lowest BCUT2D eigenvalue weighted by molar-refractivity contribution is 0.0938. The van der Waals surface area contributed by atoms with Crippen LogP contribution >= 0.6 is 11.6 Å². The first-order valence-electron chi connectivity index (χ1n) is 8.13. The highest BCUT2D eigenvalue weighted by molar-refractivity contribution is 6.31. The maximum atomic E-state index is 12.4. The number of aromatic nitrogens is 3. The number of nitrogens with one attached hydrogen (secondary N) is 1. The van der Waals surface area contributed by atoms with Crippen LogP contribution in [0.3, 0.4) is 0 Å². The fourth-order valence-corrected chi connectivity index (χ4v) is 2.80. The number of amides is 1. The number of benzene rings is 2. The Labute approximate surface area is 151 Å². The third-order valence-corrected chi connectivity index (χ3v) is 4.40. The van der Waals surface area contributed by atoms with Gasteiger partial charge in [0, 0.05) is 22.3 Å². The Hall–Kier alpha value is -2.66. The number of nitrogens with zero attached hydrogens (tertiary/aromatic N) is 3. The third-order valence-electron chi connectivity index (χ3n) is 4.03. The molecule has 128 valence electrons. The van der Waals surface area contributed by atoms with E-state index < -0.39 is 0 Å². The van der Waals surface area contributed by atoms with E-state index in [1.165, 1.54) is 0 Å². The Balaban J connectivity index is 1.55. The van der Waals surface area contributed by atoms with E-state index in [-0.39, 0.29) is 11.9 Å². The average molecular weight is 355 g/mol. The van der Waals surface area contributed by atoms with Crippen LogP contribution in [0.5, 0.6) is 0 Å². The van der Waals surface area contributed by atoms with E-state index in [0.29, 0.717) is 5.56 Å². The molecule has 0 aliphatic rings. The molecule has 0 aliphatic heterocycles. The molecule has 0 saturated carbocycles. The minimum absolute atomic E-state index is 0.0568. The van der Waals surface area contributed by atoms with Gasteiger partial charge in [-0.3, -0.25) is 9.36 Å². The summed E-state index contributed by atoms with van der Waals surface area (Å²) in [4.78, 5) is 12.4. The molecule has 1 amide bonds. The second kappa shape index (κ2) is 7.94. The van der Waals surface area contributed by atoms with Gasteiger partial charge in [-0.05, 0) is 55.7 Å². The van der Waals surface area contributed by atoms with Gasteiger partial charge >= 0.3 is 0 Å². The smallest absolute Gasteiger partial charge is 0.251 e. The molecule has 5 nitrogen and oxygen atoms in total. The summed E-state index contributed by atoms with van der Waals surface area (Å²) in [7, 11) is 0. The van der Waals surface area contributed by atoms with Crippen molar-refractivity contribution < 1.29 is 4.79 Å². The van der Waals surface area contributed by atoms with Crippen LogP contribution in [0.1, 0.15) is 29.3 Å². The minimum Gasteiger partial charge on any atom is -0.350 e. The van der Waals surface area contributed by atoms with Crippen molar-refractivity contribution in [2.45, 2.75) is 25.8 Å². The number of carbonyl (C=O) groups excluding carboxylic acids is 1. The predicted octanol–water partition coefficient (Wildman–Crippen LogP) is 3.67. The van der Waals surface area contributed by atoms with Crippen LogP contribution in [-0.2, 0) is 6.42 Å². The predicted molar refractivity (Wildman–Crippen MR) is 98.1 cm³/mol. The van der Waals surface area contributed by atoms with Crippen molar-refractivity contribution in [3.63, 3.8) is 0 Å². The van der Waals surface area contributed by atoms with E-state index in [4.69, 9.17) is 11.6 Å². The molecule has 0 aliphatic carbocycles. The molecule has 6 heteroatoms. The van der Waals surface area contributed by atoms with Gasteiger partial charge in [-0.2, -0.15) is 0 Å². The lowest BCUT2D eigenvalue weighted by Gasteiger charge is -2.14. The highest BCUT2D eigenvalue weighted by Crippen LogP contribution is 2.17. The van der Waals surface area contributed by atoms with Gasteiger partial charge in [0.25, 0.3) is 5.91 Å². The highest BCUT2D eigenvalue weighted by Gasteiger charge is 2.11. The quantitative estimate of drug-likeness (QED) is 0.734. The Bertz CT molecular complexity index is 831. The van der Waals surface area contributed by atoms with Crippen molar-refractivity contribution in [2.24, 2.45) is 0 Å². The molecular weight excluding hydrogens is 336 g/mol. The lowest BCUT2D eigenvalue weighted by Crippen LogP contribution is -2.32. The Morgan fingerprint density at radius 1 is 1.12 bits per heavy atom. The van der Waals surface area contributed by atoms with Gasteiger partial charge < -0.3 is 5.32 Å². The van der Waals surface area contributed by atoms with E-state index in [1.807, 2.05) is 43.3 Å². The van der Waals surface area contributed by atoms with Crippen LogP contribution in [0.15, 0.2) is 61.2 Å². The molecule has 0 fully saturated rings. The van der Waals surface area contributed by atoms with Crippen LogP contribution in [0, 0.1) is 0 Å². The minimum atomic E-state index is -0.0815. The standard InChI is InChI=1S/C19H19ClN4O/c1-14(6-7-15-4-2-3-5-18(15)20)23-19(25)16-8-10-17(11-9-16)24-12-21-22-13-24/h2-5,8-14H,6-7H2,1H3,(H,23,25). The summed E-state index contributed by atoms with van der Waals surface area (Å²) in [6, 6.07) is 15.2. The fourth-order valence-electron chi connectivity index (χ4n) is 2.57. The first kappa shape index (κ1) is 17.2. The van der Waals surface area contributed by atoms with Crippen LogP contribution < -0.4 is 5.32 Å². The van der Waals surface area contributed by atoms with E-state index in [2.05, 4.69) is 15.5 Å². The highest BCUT2D eigenvalue weighted by atomic mass is 35.5. The Morgan fingerprint density at radius 2 is 1.80 bits per heavy atom. The Kier molecular flexibility index (Phi) is 5.46. The van der Waals surface area contributed by atoms with Gasteiger partial charge in [0.1, 0.15) is 12.7 Å². The maximum absolute atomic E-state index is 12.4. The zero-order chi connectivity index (χ0) is 17.6. The maximum Gasteiger partial charge on any atom is 0.251 e. The van der Waals surface area contributed by atoms with Crippen molar-refractivity contribution in [2.75, 3.05) is 0 Å². The molecule has 1 N–H and O–H groups in total. The number of aryl methyl sites for hydroxylation is 1. The van der Waals surface area contributed by atoms with E-state index in [0.717, 1.165) is 29.1 Å². The van der Waals surface area contributed by atoms with Crippen molar-refractivity contribution in [1.29, 1.82) is 0 Å². The van der Waals surface area contributed by atoms with Crippen LogP contribution in [0.25, 0.3) is 5.69 Å². The molecule has 1 aromatic heterocycles. The van der Waals surface area contributed by atoms with E-state index >= 15 is 0 Å². The van der Waals surface area contributed by atoms with Gasteiger partial charge in [-0.1, -0.05) is 29.8 Å². The molecule has 0 spiro atoms. The normalized spacial score (nSPS) is 11.9. The molecule has 1 heterocycles. The van der Waals surface area contributed by atoms with Crippen LogP contribution in [0.2, 0.25) is 5.02 Å². The zero-order valence-corrected chi connectivity index (χ0v) is 14.6. The van der Waals surface area contributed by atoms with Crippen molar-refractivity contribution in [3.05, 3.63) is 77.3 Å². The molecule has 2 aromatic carbocycles. The molecule has 0 saturated heterocycles. The summed E-state index contributed by atoms with van der Waals surface area (Å²) in [5.74, 6) is -0.0815. The number of carbonyl (C=O) groups is 1. The van der Waals surface area contributed by atoms with Gasteiger partial charge in [0.2, 0.25) is 0 Å². The van der Waals surface area contributed by atoms with Gasteiger partial charge in [0.15, 0.2) is 0 Å². The SMILES string of the molecule is CC(CCc1ccccc1Cl)NC(=O)c1ccc(-n2cnnc2)cc1. The second-order valence-electron chi connectivity index (χ2n) is 5.92. The van der Waals surface area contributed by atoms with Gasteiger partial charge in [-0.25, -0.2) is 0 Å². The molecule has 1 atom stereocenters. The fraction of sp³-hybridized carbons (Fsp3) is 0.211. The molecule has 0 radical (unpaired) electrons. The van der Waals surface area contributed by atoms with Gasteiger partial charge in [0.05, 0.1) is 0 Å². The summed E-state index contributed by atoms with van der Waals surface area (Å²) in [6.07, 6.45) is 4.89. The number of rotatable bonds is 6. The van der Waals surface area contributed by atoms with Gasteiger partial charge in [-0.15, -0.1) is 10.2 Å². The molecular formula is C19H19ClN4O. The summed E-state index contributed by atoms with van der Waals surface area (Å²) in [5.41, 5.74) is 2.64. The molecule has 3 aromatic rings. The number of hydrogen-bond donors (Lipinski definition) is 1. The largest absolute Gasteiger partial charge is 0.350 e. The lowest BCUT2D eigenvalue weighted by atomic mass is 10.1. The van der Waals surface area contributed by atoms with Crippen molar-refractivity contribution >= 4 is 17.5 Å². The monoisotopic (exact) mass is 354 g/mol. The van der Waals surface area contributed by atoms with Crippen LogP contribution in [0.4, 0.5) is 0 Å². The molecule has 0 bridgehead atoms. The summed E-state index contributed by atoms with van der Waals surface area (Å²) >= 11 is 6.17. The summed E-state index contributed by atoms with van der Waals surface area (Å²) in [6.45, 7) is 2.00. The zero-order valence-electron chi connectivity index (χ0n) is 13.9.